The molecule has 0 aliphatic heterocycles. The van der Waals surface area contributed by atoms with Gasteiger partial charge in [0.2, 0.25) is 0 Å². The number of aliphatic hydroxyl groups is 1. The first kappa shape index (κ1) is 13.0. The maximum Gasteiger partial charge on any atom is 0.336 e. The van der Waals surface area contributed by atoms with Crippen LogP contribution in [0.4, 0.5) is 4.39 Å². The van der Waals surface area contributed by atoms with Crippen LogP contribution in [0, 0.1) is 5.82 Å². The van der Waals surface area contributed by atoms with Crippen LogP contribution in [0.15, 0.2) is 18.2 Å². The molecule has 0 heterocycles. The van der Waals surface area contributed by atoms with Crippen molar-refractivity contribution in [3.63, 3.8) is 0 Å². The molecule has 3 nitrogen and oxygen atoms in total. The van der Waals surface area contributed by atoms with E-state index in [0.29, 0.717) is 19.3 Å². The second-order valence-corrected chi connectivity index (χ2v) is 4.91. The summed E-state index contributed by atoms with van der Waals surface area (Å²) >= 11 is 0. The Bertz CT molecular complexity index is 472. The topological polar surface area (TPSA) is 57.5 Å². The van der Waals surface area contributed by atoms with Crippen molar-refractivity contribution >= 4 is 5.97 Å². The average Bonchev–Trinajstić information content (AvgIpc) is 2.72. The van der Waals surface area contributed by atoms with E-state index in [9.17, 15) is 19.4 Å². The van der Waals surface area contributed by atoms with Gasteiger partial charge in [-0.25, -0.2) is 9.18 Å². The van der Waals surface area contributed by atoms with E-state index < -0.39 is 17.5 Å². The van der Waals surface area contributed by atoms with Gasteiger partial charge in [0, 0.05) is 5.92 Å². The van der Waals surface area contributed by atoms with Gasteiger partial charge in [-0.05, 0) is 42.5 Å². The van der Waals surface area contributed by atoms with E-state index in [1.54, 1.807) is 6.07 Å². The Morgan fingerprint density at radius 1 is 1.56 bits per heavy atom. The number of carbonyl (C=O) groups is 1. The molecule has 98 valence electrons. The highest BCUT2D eigenvalue weighted by molar-refractivity contribution is 5.79. The third-order valence-corrected chi connectivity index (χ3v) is 3.76. The van der Waals surface area contributed by atoms with Gasteiger partial charge in [-0.1, -0.05) is 19.4 Å². The smallest absolute Gasteiger partial charge is 0.336 e. The molecular weight excluding hydrogens is 235 g/mol. The summed E-state index contributed by atoms with van der Waals surface area (Å²) in [6.45, 7) is 1.84. The monoisotopic (exact) mass is 252 g/mol. The van der Waals surface area contributed by atoms with Crippen LogP contribution in [0.25, 0.3) is 0 Å². The van der Waals surface area contributed by atoms with Crippen LogP contribution >= 0.6 is 0 Å². The summed E-state index contributed by atoms with van der Waals surface area (Å²) in [4.78, 5) is 11.4. The second-order valence-electron chi connectivity index (χ2n) is 4.91. The van der Waals surface area contributed by atoms with Crippen LogP contribution in [0.3, 0.4) is 0 Å². The van der Waals surface area contributed by atoms with E-state index in [1.165, 1.54) is 12.1 Å². The lowest BCUT2D eigenvalue weighted by atomic mass is 9.80. The fourth-order valence-electron chi connectivity index (χ4n) is 2.89. The van der Waals surface area contributed by atoms with E-state index in [1.807, 2.05) is 6.92 Å². The quantitative estimate of drug-likeness (QED) is 0.865. The Morgan fingerprint density at radius 2 is 2.28 bits per heavy atom. The molecule has 2 N–H and O–H groups in total. The summed E-state index contributed by atoms with van der Waals surface area (Å²) in [6, 6.07) is 4.36. The molecule has 0 fully saturated rings. The molecule has 0 amide bonds. The maximum absolute atomic E-state index is 13.1. The van der Waals surface area contributed by atoms with Crippen LogP contribution in [0.2, 0.25) is 0 Å². The molecule has 1 aromatic carbocycles. The normalized spacial score (nSPS) is 21.4. The SMILES string of the molecule is CCCC(O)(C(=O)O)C1CCc2cc(F)ccc21. The summed E-state index contributed by atoms with van der Waals surface area (Å²) in [6.07, 6.45) is 1.98. The molecule has 0 bridgehead atoms. The molecule has 2 unspecified atom stereocenters. The van der Waals surface area contributed by atoms with E-state index in [-0.39, 0.29) is 12.2 Å². The van der Waals surface area contributed by atoms with Crippen molar-refractivity contribution in [3.8, 4) is 0 Å². The third kappa shape index (κ3) is 2.01. The molecule has 0 saturated heterocycles. The number of aliphatic carboxylic acids is 1. The Morgan fingerprint density at radius 3 is 2.89 bits per heavy atom. The standard InChI is InChI=1S/C14H17FO3/c1-2-7-14(18,13(16)17)12-6-3-9-8-10(15)4-5-11(9)12/h4-5,8,12,18H,2-3,6-7H2,1H3,(H,16,17). The molecule has 0 aromatic heterocycles. The number of carboxylic acids is 1. The molecular formula is C14H17FO3. The van der Waals surface area contributed by atoms with Gasteiger partial charge in [0.05, 0.1) is 0 Å². The molecule has 1 aromatic rings. The molecule has 1 aliphatic rings. The Hall–Kier alpha value is -1.42. The molecule has 0 saturated carbocycles. The number of halogens is 1. The number of fused-ring (bicyclic) bond motifs is 1. The van der Waals surface area contributed by atoms with Crippen molar-refractivity contribution in [2.45, 2.75) is 44.1 Å². The van der Waals surface area contributed by atoms with Gasteiger partial charge in [-0.2, -0.15) is 0 Å². The molecule has 0 spiro atoms. The summed E-state index contributed by atoms with van der Waals surface area (Å²) in [5, 5.41) is 19.7. The van der Waals surface area contributed by atoms with Gasteiger partial charge in [0.15, 0.2) is 5.60 Å². The van der Waals surface area contributed by atoms with Crippen molar-refractivity contribution in [3.05, 3.63) is 35.1 Å². The summed E-state index contributed by atoms with van der Waals surface area (Å²) in [7, 11) is 0. The van der Waals surface area contributed by atoms with Gasteiger partial charge >= 0.3 is 5.97 Å². The Kier molecular flexibility index (Phi) is 3.39. The van der Waals surface area contributed by atoms with Gasteiger partial charge < -0.3 is 10.2 Å². The maximum atomic E-state index is 13.1. The first-order valence-electron chi connectivity index (χ1n) is 6.23. The highest BCUT2D eigenvalue weighted by atomic mass is 19.1. The zero-order valence-corrected chi connectivity index (χ0v) is 10.3. The van der Waals surface area contributed by atoms with Crippen molar-refractivity contribution < 1.29 is 19.4 Å². The van der Waals surface area contributed by atoms with Gasteiger partial charge in [-0.15, -0.1) is 0 Å². The zero-order valence-electron chi connectivity index (χ0n) is 10.3. The first-order valence-corrected chi connectivity index (χ1v) is 6.23. The fourth-order valence-corrected chi connectivity index (χ4v) is 2.89. The molecule has 2 atom stereocenters. The van der Waals surface area contributed by atoms with E-state index in [4.69, 9.17) is 0 Å². The molecule has 2 rings (SSSR count). The van der Waals surface area contributed by atoms with Crippen LogP contribution < -0.4 is 0 Å². The first-order chi connectivity index (χ1) is 8.49. The minimum absolute atomic E-state index is 0.212. The second kappa shape index (κ2) is 4.69. The minimum atomic E-state index is -1.74. The predicted molar refractivity (Wildman–Crippen MR) is 65.0 cm³/mol. The Balaban J connectivity index is 2.39. The predicted octanol–water partition coefficient (Wildman–Crippen LogP) is 2.47. The highest BCUT2D eigenvalue weighted by Gasteiger charge is 2.46. The largest absolute Gasteiger partial charge is 0.479 e. The molecule has 0 radical (unpaired) electrons. The summed E-state index contributed by atoms with van der Waals surface area (Å²) in [5.74, 6) is -1.94. The average molecular weight is 252 g/mol. The van der Waals surface area contributed by atoms with Crippen LogP contribution in [0.1, 0.15) is 43.2 Å². The molecule has 18 heavy (non-hydrogen) atoms. The van der Waals surface area contributed by atoms with E-state index in [2.05, 4.69) is 0 Å². The van der Waals surface area contributed by atoms with Crippen molar-refractivity contribution in [1.82, 2.24) is 0 Å². The van der Waals surface area contributed by atoms with Crippen molar-refractivity contribution in [2.24, 2.45) is 0 Å². The Labute approximate surface area is 105 Å². The third-order valence-electron chi connectivity index (χ3n) is 3.76. The molecule has 1 aliphatic carbocycles. The number of benzene rings is 1. The lowest BCUT2D eigenvalue weighted by Crippen LogP contribution is -2.43. The van der Waals surface area contributed by atoms with Crippen molar-refractivity contribution in [1.29, 1.82) is 0 Å². The highest BCUT2D eigenvalue weighted by Crippen LogP contribution is 2.42. The lowest BCUT2D eigenvalue weighted by Gasteiger charge is -2.30. The summed E-state index contributed by atoms with van der Waals surface area (Å²) < 4.78 is 13.1. The lowest BCUT2D eigenvalue weighted by molar-refractivity contribution is -0.162. The van der Waals surface area contributed by atoms with Crippen molar-refractivity contribution in [2.75, 3.05) is 0 Å². The summed E-state index contributed by atoms with van der Waals surface area (Å²) in [5.41, 5.74) is -0.150. The molecule has 4 heteroatoms. The van der Waals surface area contributed by atoms with Crippen LogP contribution in [0.5, 0.6) is 0 Å². The zero-order chi connectivity index (χ0) is 13.3. The minimum Gasteiger partial charge on any atom is -0.479 e. The van der Waals surface area contributed by atoms with Gasteiger partial charge in [0.25, 0.3) is 0 Å². The number of rotatable bonds is 4. The van der Waals surface area contributed by atoms with Gasteiger partial charge in [0.1, 0.15) is 5.82 Å². The van der Waals surface area contributed by atoms with Crippen LogP contribution in [-0.4, -0.2) is 21.8 Å². The van der Waals surface area contributed by atoms with E-state index >= 15 is 0 Å². The number of carboxylic acid groups (broad SMARTS) is 1. The number of aryl methyl sites for hydroxylation is 1. The van der Waals surface area contributed by atoms with E-state index in [0.717, 1.165) is 11.1 Å². The number of hydrogen-bond donors (Lipinski definition) is 2. The van der Waals surface area contributed by atoms with Gasteiger partial charge in [-0.3, -0.25) is 0 Å². The number of hydrogen-bond acceptors (Lipinski definition) is 2. The van der Waals surface area contributed by atoms with Crippen LogP contribution in [-0.2, 0) is 11.2 Å². The fraction of sp³-hybridized carbons (Fsp3) is 0.500.